The summed E-state index contributed by atoms with van der Waals surface area (Å²) in [7, 11) is 0. The topological polar surface area (TPSA) is 49.3 Å². The third-order valence-corrected chi connectivity index (χ3v) is 3.31. The maximum atomic E-state index is 11.4. The van der Waals surface area contributed by atoms with Crippen LogP contribution in [0.15, 0.2) is 24.3 Å². The van der Waals surface area contributed by atoms with Crippen LogP contribution in [0.2, 0.25) is 0 Å². The molecule has 1 unspecified atom stereocenters. The molecule has 0 aliphatic rings. The van der Waals surface area contributed by atoms with Gasteiger partial charge in [-0.3, -0.25) is 4.79 Å². The molecule has 0 aromatic heterocycles. The second-order valence-corrected chi connectivity index (χ2v) is 5.12. The Morgan fingerprint density at radius 3 is 2.65 bits per heavy atom. The average molecular weight is 253 g/mol. The molecule has 0 saturated carbocycles. The maximum Gasteiger partial charge on any atom is 0.230 e. The fraction of sp³-hybridized carbons (Fsp3) is 0.462. The van der Waals surface area contributed by atoms with Crippen LogP contribution >= 0.6 is 11.8 Å². The molecule has 1 amide bonds. The van der Waals surface area contributed by atoms with Gasteiger partial charge in [0.2, 0.25) is 5.91 Å². The summed E-state index contributed by atoms with van der Waals surface area (Å²) < 4.78 is 0. The van der Waals surface area contributed by atoms with Crippen LogP contribution in [-0.2, 0) is 10.5 Å². The second-order valence-electron chi connectivity index (χ2n) is 4.13. The fourth-order valence-corrected chi connectivity index (χ4v) is 2.11. The summed E-state index contributed by atoms with van der Waals surface area (Å²) in [5.74, 6) is 1.24. The molecule has 4 heteroatoms. The Kier molecular flexibility index (Phi) is 6.08. The summed E-state index contributed by atoms with van der Waals surface area (Å²) in [5, 5.41) is 11.5. The molecule has 0 radical (unpaired) electrons. The number of amides is 1. The van der Waals surface area contributed by atoms with Gasteiger partial charge in [-0.1, -0.05) is 29.8 Å². The summed E-state index contributed by atoms with van der Waals surface area (Å²) >= 11 is 1.58. The van der Waals surface area contributed by atoms with Crippen molar-refractivity contribution >= 4 is 17.7 Å². The number of nitrogens with one attached hydrogen (secondary N) is 1. The Morgan fingerprint density at radius 1 is 1.41 bits per heavy atom. The monoisotopic (exact) mass is 253 g/mol. The first kappa shape index (κ1) is 14.1. The lowest BCUT2D eigenvalue weighted by molar-refractivity contribution is -0.119. The van der Waals surface area contributed by atoms with Crippen LogP contribution in [0.4, 0.5) is 0 Å². The molecule has 1 atom stereocenters. The molecule has 0 spiro atoms. The van der Waals surface area contributed by atoms with Crippen molar-refractivity contribution in [3.63, 3.8) is 0 Å². The number of thioether (sulfide) groups is 1. The van der Waals surface area contributed by atoms with Crippen molar-refractivity contribution in [2.24, 2.45) is 0 Å². The second kappa shape index (κ2) is 7.35. The summed E-state index contributed by atoms with van der Waals surface area (Å²) in [5.41, 5.74) is 2.47. The van der Waals surface area contributed by atoms with E-state index in [4.69, 9.17) is 5.11 Å². The lowest BCUT2D eigenvalue weighted by Gasteiger charge is -2.10. The predicted octanol–water partition coefficient (Wildman–Crippen LogP) is 1.73. The van der Waals surface area contributed by atoms with Gasteiger partial charge >= 0.3 is 0 Å². The number of benzene rings is 1. The largest absolute Gasteiger partial charge is 0.394 e. The summed E-state index contributed by atoms with van der Waals surface area (Å²) in [6.45, 7) is 3.82. The van der Waals surface area contributed by atoms with Crippen LogP contribution in [0.5, 0.6) is 0 Å². The minimum absolute atomic E-state index is 0.0195. The lowest BCUT2D eigenvalue weighted by Crippen LogP contribution is -2.36. The first-order chi connectivity index (χ1) is 8.11. The molecule has 3 nitrogen and oxygen atoms in total. The maximum absolute atomic E-state index is 11.4. The molecule has 0 fully saturated rings. The van der Waals surface area contributed by atoms with Crippen LogP contribution < -0.4 is 5.32 Å². The zero-order valence-corrected chi connectivity index (χ0v) is 11.1. The van der Waals surface area contributed by atoms with Gasteiger partial charge in [0.15, 0.2) is 0 Å². The Balaban J connectivity index is 2.23. The van der Waals surface area contributed by atoms with Gasteiger partial charge in [-0.15, -0.1) is 11.8 Å². The number of aryl methyl sites for hydroxylation is 1. The van der Waals surface area contributed by atoms with Crippen molar-refractivity contribution < 1.29 is 9.90 Å². The average Bonchev–Trinajstić information content (AvgIpc) is 2.31. The van der Waals surface area contributed by atoms with Crippen molar-refractivity contribution in [3.05, 3.63) is 35.4 Å². The first-order valence-corrected chi connectivity index (χ1v) is 6.81. The van der Waals surface area contributed by atoms with E-state index in [1.807, 2.05) is 0 Å². The zero-order valence-electron chi connectivity index (χ0n) is 10.3. The molecule has 1 aromatic carbocycles. The van der Waals surface area contributed by atoms with Gasteiger partial charge in [0.25, 0.3) is 0 Å². The molecule has 1 aromatic rings. The van der Waals surface area contributed by atoms with Crippen molar-refractivity contribution in [3.8, 4) is 0 Å². The quantitative estimate of drug-likeness (QED) is 0.811. The Bertz CT molecular complexity index is 351. The van der Waals surface area contributed by atoms with E-state index in [9.17, 15) is 4.79 Å². The number of aliphatic hydroxyl groups is 1. The van der Waals surface area contributed by atoms with Gasteiger partial charge in [0.1, 0.15) is 0 Å². The normalized spacial score (nSPS) is 12.2. The predicted molar refractivity (Wildman–Crippen MR) is 72.0 cm³/mol. The minimum atomic E-state index is -0.164. The highest BCUT2D eigenvalue weighted by Gasteiger charge is 2.05. The molecule has 1 rings (SSSR count). The van der Waals surface area contributed by atoms with Gasteiger partial charge in [-0.25, -0.2) is 0 Å². The van der Waals surface area contributed by atoms with Crippen LogP contribution in [0, 0.1) is 6.92 Å². The van der Waals surface area contributed by atoms with E-state index in [0.29, 0.717) is 5.75 Å². The Hall–Kier alpha value is -1.00. The van der Waals surface area contributed by atoms with Crippen LogP contribution in [0.3, 0.4) is 0 Å². The summed E-state index contributed by atoms with van der Waals surface area (Å²) in [6.07, 6.45) is 0. The molecule has 94 valence electrons. The minimum Gasteiger partial charge on any atom is -0.394 e. The Morgan fingerprint density at radius 2 is 2.06 bits per heavy atom. The number of carbonyl (C=O) groups excluding carboxylic acids is 1. The standard InChI is InChI=1S/C13H19NO2S/c1-10-3-5-12(6-4-10)8-17-9-13(16)14-11(2)7-15/h3-6,11,15H,7-9H2,1-2H3,(H,14,16). The highest BCUT2D eigenvalue weighted by atomic mass is 32.2. The fourth-order valence-electron chi connectivity index (χ4n) is 1.31. The number of hydrogen-bond donors (Lipinski definition) is 2. The molecule has 0 saturated heterocycles. The van der Waals surface area contributed by atoms with Crippen molar-refractivity contribution in [2.75, 3.05) is 12.4 Å². The molecule has 0 aliphatic heterocycles. The SMILES string of the molecule is Cc1ccc(CSCC(=O)NC(C)CO)cc1. The first-order valence-electron chi connectivity index (χ1n) is 5.65. The van der Waals surface area contributed by atoms with E-state index < -0.39 is 0 Å². The molecule has 2 N–H and O–H groups in total. The van der Waals surface area contributed by atoms with Crippen LogP contribution in [0.25, 0.3) is 0 Å². The molecular weight excluding hydrogens is 234 g/mol. The number of carbonyl (C=O) groups is 1. The van der Waals surface area contributed by atoms with Crippen molar-refractivity contribution in [1.82, 2.24) is 5.32 Å². The molecule has 17 heavy (non-hydrogen) atoms. The van der Waals surface area contributed by atoms with E-state index in [1.165, 1.54) is 11.1 Å². The molecule has 0 aliphatic carbocycles. The summed E-state index contributed by atoms with van der Waals surface area (Å²) in [4.78, 5) is 11.4. The van der Waals surface area contributed by atoms with E-state index in [2.05, 4.69) is 36.5 Å². The number of hydrogen-bond acceptors (Lipinski definition) is 3. The van der Waals surface area contributed by atoms with Crippen LogP contribution in [-0.4, -0.2) is 29.4 Å². The summed E-state index contributed by atoms with van der Waals surface area (Å²) in [6, 6.07) is 8.14. The zero-order chi connectivity index (χ0) is 12.7. The van der Waals surface area contributed by atoms with Gasteiger partial charge < -0.3 is 10.4 Å². The third kappa shape index (κ3) is 5.75. The van der Waals surface area contributed by atoms with E-state index in [-0.39, 0.29) is 18.6 Å². The van der Waals surface area contributed by atoms with E-state index >= 15 is 0 Å². The molecular formula is C13H19NO2S. The van der Waals surface area contributed by atoms with Crippen molar-refractivity contribution in [2.45, 2.75) is 25.6 Å². The molecule has 0 bridgehead atoms. The van der Waals surface area contributed by atoms with Gasteiger partial charge in [0, 0.05) is 11.8 Å². The highest BCUT2D eigenvalue weighted by Crippen LogP contribution is 2.12. The lowest BCUT2D eigenvalue weighted by atomic mass is 10.2. The van der Waals surface area contributed by atoms with Crippen molar-refractivity contribution in [1.29, 1.82) is 0 Å². The van der Waals surface area contributed by atoms with Gasteiger partial charge in [-0.2, -0.15) is 0 Å². The number of rotatable bonds is 6. The number of aliphatic hydroxyl groups excluding tert-OH is 1. The third-order valence-electron chi connectivity index (χ3n) is 2.30. The van der Waals surface area contributed by atoms with E-state index in [1.54, 1.807) is 18.7 Å². The Labute approximate surface area is 107 Å². The van der Waals surface area contributed by atoms with Gasteiger partial charge in [0.05, 0.1) is 12.4 Å². The van der Waals surface area contributed by atoms with Gasteiger partial charge in [-0.05, 0) is 19.4 Å². The van der Waals surface area contributed by atoms with E-state index in [0.717, 1.165) is 5.75 Å². The van der Waals surface area contributed by atoms with Crippen LogP contribution in [0.1, 0.15) is 18.1 Å². The smallest absolute Gasteiger partial charge is 0.230 e. The highest BCUT2D eigenvalue weighted by molar-refractivity contribution is 7.99. The molecule has 0 heterocycles.